The maximum atomic E-state index is 12.4. The van der Waals surface area contributed by atoms with Gasteiger partial charge < -0.3 is 10.6 Å². The van der Waals surface area contributed by atoms with Crippen LogP contribution in [0.1, 0.15) is 12.8 Å². The molecular formula is C14H21N3O3S. The topological polar surface area (TPSA) is 83.7 Å². The summed E-state index contributed by atoms with van der Waals surface area (Å²) in [5, 5.41) is 0. The summed E-state index contributed by atoms with van der Waals surface area (Å²) in [5.41, 5.74) is 5.39. The molecule has 0 unspecified atom stereocenters. The SMILES string of the molecule is NCCCC(=O)N1CCN(S(=O)(=O)c2ccccc2)CC1. The number of nitrogens with zero attached hydrogens (tertiary/aromatic N) is 2. The van der Waals surface area contributed by atoms with E-state index in [0.29, 0.717) is 50.5 Å². The standard InChI is InChI=1S/C14H21N3O3S/c15-8-4-7-14(18)16-9-11-17(12-10-16)21(19,20)13-5-2-1-3-6-13/h1-3,5-6H,4,7-12,15H2. The molecule has 1 aliphatic rings. The Morgan fingerprint density at radius 1 is 1.10 bits per heavy atom. The fourth-order valence-electron chi connectivity index (χ4n) is 2.33. The van der Waals surface area contributed by atoms with Crippen molar-refractivity contribution in [3.05, 3.63) is 30.3 Å². The molecule has 1 aliphatic heterocycles. The van der Waals surface area contributed by atoms with Crippen LogP contribution < -0.4 is 5.73 Å². The van der Waals surface area contributed by atoms with Gasteiger partial charge in [-0.15, -0.1) is 0 Å². The number of carbonyl (C=O) groups excluding carboxylic acids is 1. The van der Waals surface area contributed by atoms with Crippen LogP contribution in [-0.4, -0.2) is 56.3 Å². The van der Waals surface area contributed by atoms with Crippen LogP contribution in [0.4, 0.5) is 0 Å². The number of hydrogen-bond acceptors (Lipinski definition) is 4. The molecule has 0 aromatic heterocycles. The van der Waals surface area contributed by atoms with E-state index >= 15 is 0 Å². The molecule has 1 aromatic carbocycles. The number of piperazine rings is 1. The number of nitrogens with two attached hydrogens (primary N) is 1. The smallest absolute Gasteiger partial charge is 0.243 e. The minimum atomic E-state index is -3.45. The summed E-state index contributed by atoms with van der Waals surface area (Å²) in [7, 11) is -3.45. The van der Waals surface area contributed by atoms with E-state index in [1.165, 1.54) is 4.31 Å². The third-order valence-electron chi connectivity index (χ3n) is 3.57. The maximum Gasteiger partial charge on any atom is 0.243 e. The number of rotatable bonds is 5. The zero-order valence-corrected chi connectivity index (χ0v) is 12.8. The molecule has 1 saturated heterocycles. The van der Waals surface area contributed by atoms with Crippen LogP contribution in [0.3, 0.4) is 0 Å². The summed E-state index contributed by atoms with van der Waals surface area (Å²) in [5.74, 6) is 0.0530. The predicted octanol–water partition coefficient (Wildman–Crippen LogP) is 0.258. The molecule has 0 atom stereocenters. The third-order valence-corrected chi connectivity index (χ3v) is 5.48. The highest BCUT2D eigenvalue weighted by molar-refractivity contribution is 7.89. The largest absolute Gasteiger partial charge is 0.340 e. The lowest BCUT2D eigenvalue weighted by molar-refractivity contribution is -0.132. The third kappa shape index (κ3) is 3.81. The van der Waals surface area contributed by atoms with E-state index in [4.69, 9.17) is 5.73 Å². The van der Waals surface area contributed by atoms with Crippen molar-refractivity contribution in [3.63, 3.8) is 0 Å². The first kappa shape index (κ1) is 15.9. The van der Waals surface area contributed by atoms with Crippen molar-refractivity contribution in [2.24, 2.45) is 5.73 Å². The number of benzene rings is 1. The molecule has 1 aromatic rings. The van der Waals surface area contributed by atoms with Crippen molar-refractivity contribution in [2.75, 3.05) is 32.7 Å². The van der Waals surface area contributed by atoms with Gasteiger partial charge in [0, 0.05) is 32.6 Å². The first-order valence-corrected chi connectivity index (χ1v) is 8.53. The van der Waals surface area contributed by atoms with Gasteiger partial charge in [0.2, 0.25) is 15.9 Å². The molecule has 21 heavy (non-hydrogen) atoms. The van der Waals surface area contributed by atoms with Crippen LogP contribution >= 0.6 is 0 Å². The summed E-state index contributed by atoms with van der Waals surface area (Å²) in [6.45, 7) is 2.05. The van der Waals surface area contributed by atoms with E-state index < -0.39 is 10.0 Å². The minimum Gasteiger partial charge on any atom is -0.340 e. The van der Waals surface area contributed by atoms with Crippen molar-refractivity contribution in [1.82, 2.24) is 9.21 Å². The van der Waals surface area contributed by atoms with Gasteiger partial charge in [-0.2, -0.15) is 4.31 Å². The van der Waals surface area contributed by atoms with Crippen LogP contribution in [-0.2, 0) is 14.8 Å². The van der Waals surface area contributed by atoms with Crippen LogP contribution in [0.2, 0.25) is 0 Å². The quantitative estimate of drug-likeness (QED) is 0.845. The van der Waals surface area contributed by atoms with Crippen LogP contribution in [0.25, 0.3) is 0 Å². The second-order valence-corrected chi connectivity index (χ2v) is 6.93. The molecule has 0 aliphatic carbocycles. The van der Waals surface area contributed by atoms with E-state index in [1.807, 2.05) is 0 Å². The monoisotopic (exact) mass is 311 g/mol. The fourth-order valence-corrected chi connectivity index (χ4v) is 3.77. The second kappa shape index (κ2) is 7.02. The fraction of sp³-hybridized carbons (Fsp3) is 0.500. The van der Waals surface area contributed by atoms with Gasteiger partial charge in [0.1, 0.15) is 0 Å². The van der Waals surface area contributed by atoms with Crippen LogP contribution in [0, 0.1) is 0 Å². The highest BCUT2D eigenvalue weighted by Gasteiger charge is 2.29. The maximum absolute atomic E-state index is 12.4. The van der Waals surface area contributed by atoms with Gasteiger partial charge in [0.25, 0.3) is 0 Å². The predicted molar refractivity (Wildman–Crippen MR) is 80.1 cm³/mol. The molecule has 2 N–H and O–H groups in total. The Labute approximate surface area is 125 Å². The van der Waals surface area contributed by atoms with E-state index in [2.05, 4.69) is 0 Å². The Hall–Kier alpha value is -1.44. The van der Waals surface area contributed by atoms with Gasteiger partial charge in [0.15, 0.2) is 0 Å². The van der Waals surface area contributed by atoms with Gasteiger partial charge in [-0.25, -0.2) is 8.42 Å². The van der Waals surface area contributed by atoms with Crippen LogP contribution in [0.5, 0.6) is 0 Å². The average Bonchev–Trinajstić information content (AvgIpc) is 2.53. The lowest BCUT2D eigenvalue weighted by Gasteiger charge is -2.34. The first-order valence-electron chi connectivity index (χ1n) is 7.09. The van der Waals surface area contributed by atoms with Crippen LogP contribution in [0.15, 0.2) is 35.2 Å². The van der Waals surface area contributed by atoms with Crippen molar-refractivity contribution in [2.45, 2.75) is 17.7 Å². The van der Waals surface area contributed by atoms with Crippen molar-refractivity contribution >= 4 is 15.9 Å². The first-order chi connectivity index (χ1) is 10.1. The molecule has 116 valence electrons. The summed E-state index contributed by atoms with van der Waals surface area (Å²) < 4.78 is 26.3. The molecule has 0 bridgehead atoms. The highest BCUT2D eigenvalue weighted by atomic mass is 32.2. The molecule has 1 amide bonds. The van der Waals surface area contributed by atoms with Gasteiger partial charge >= 0.3 is 0 Å². The number of amides is 1. The highest BCUT2D eigenvalue weighted by Crippen LogP contribution is 2.17. The van der Waals surface area contributed by atoms with Crippen molar-refractivity contribution < 1.29 is 13.2 Å². The Bertz CT molecular complexity index is 566. The molecular weight excluding hydrogens is 290 g/mol. The van der Waals surface area contributed by atoms with Gasteiger partial charge in [-0.05, 0) is 25.1 Å². The van der Waals surface area contributed by atoms with Gasteiger partial charge in [-0.1, -0.05) is 18.2 Å². The molecule has 2 rings (SSSR count). The lowest BCUT2D eigenvalue weighted by atomic mass is 10.2. The Kier molecular flexibility index (Phi) is 5.33. The number of carbonyl (C=O) groups is 1. The minimum absolute atomic E-state index is 0.0530. The van der Waals surface area contributed by atoms with Gasteiger partial charge in [0.05, 0.1) is 4.90 Å². The van der Waals surface area contributed by atoms with Crippen molar-refractivity contribution in [1.29, 1.82) is 0 Å². The molecule has 1 fully saturated rings. The number of hydrogen-bond donors (Lipinski definition) is 1. The molecule has 6 nitrogen and oxygen atoms in total. The molecule has 1 heterocycles. The number of sulfonamides is 1. The molecule has 0 radical (unpaired) electrons. The van der Waals surface area contributed by atoms with E-state index in [-0.39, 0.29) is 5.91 Å². The van der Waals surface area contributed by atoms with E-state index in [1.54, 1.807) is 35.2 Å². The Balaban J connectivity index is 1.96. The molecule has 7 heteroatoms. The Morgan fingerprint density at radius 3 is 2.29 bits per heavy atom. The summed E-state index contributed by atoms with van der Waals surface area (Å²) in [6, 6.07) is 8.38. The zero-order valence-electron chi connectivity index (χ0n) is 11.9. The molecule has 0 spiro atoms. The average molecular weight is 311 g/mol. The lowest BCUT2D eigenvalue weighted by Crippen LogP contribution is -2.50. The zero-order chi connectivity index (χ0) is 15.3. The molecule has 0 saturated carbocycles. The summed E-state index contributed by atoms with van der Waals surface area (Å²) in [4.78, 5) is 13.9. The summed E-state index contributed by atoms with van der Waals surface area (Å²) in [6.07, 6.45) is 1.10. The van der Waals surface area contributed by atoms with Crippen molar-refractivity contribution in [3.8, 4) is 0 Å². The Morgan fingerprint density at radius 2 is 1.71 bits per heavy atom. The second-order valence-electron chi connectivity index (χ2n) is 4.99. The summed E-state index contributed by atoms with van der Waals surface area (Å²) >= 11 is 0. The van der Waals surface area contributed by atoms with E-state index in [9.17, 15) is 13.2 Å². The van der Waals surface area contributed by atoms with E-state index in [0.717, 1.165) is 0 Å². The van der Waals surface area contributed by atoms with Gasteiger partial charge in [-0.3, -0.25) is 4.79 Å². The normalized spacial score (nSPS) is 16.9.